The Kier molecular flexibility index (Phi) is 5.51. The molecule has 0 radical (unpaired) electrons. The van der Waals surface area contributed by atoms with Crippen LogP contribution in [0.5, 0.6) is 0 Å². The average Bonchev–Trinajstić information content (AvgIpc) is 3.49. The Morgan fingerprint density at radius 2 is 1.59 bits per heavy atom. The van der Waals surface area contributed by atoms with Crippen LogP contribution < -0.4 is 9.80 Å². The van der Waals surface area contributed by atoms with Crippen molar-refractivity contribution in [2.24, 2.45) is 7.05 Å². The van der Waals surface area contributed by atoms with Crippen molar-refractivity contribution in [1.82, 2.24) is 24.6 Å². The smallest absolute Gasteiger partial charge is 0.272 e. The second-order valence-electron chi connectivity index (χ2n) is 8.55. The predicted octanol–water partition coefficient (Wildman–Crippen LogP) is 2.75. The first-order valence-electron chi connectivity index (χ1n) is 11.3. The molecule has 5 rings (SSSR count). The molecule has 0 bridgehead atoms. The van der Waals surface area contributed by atoms with Gasteiger partial charge in [-0.3, -0.25) is 9.48 Å². The summed E-state index contributed by atoms with van der Waals surface area (Å²) in [5, 5.41) is 4.55. The number of aromatic nitrogens is 4. The molecular formula is C24H29N7O. The lowest BCUT2D eigenvalue weighted by Gasteiger charge is -2.35. The molecule has 0 saturated carbocycles. The normalized spacial score (nSPS) is 16.6. The third-order valence-electron chi connectivity index (χ3n) is 6.28. The summed E-state index contributed by atoms with van der Waals surface area (Å²) in [6.07, 6.45) is 2.40. The number of anilines is 2. The number of amides is 1. The van der Waals surface area contributed by atoms with Gasteiger partial charge >= 0.3 is 0 Å². The van der Waals surface area contributed by atoms with Gasteiger partial charge in [0.2, 0.25) is 5.95 Å². The fourth-order valence-corrected chi connectivity index (χ4v) is 4.48. The van der Waals surface area contributed by atoms with Crippen molar-refractivity contribution in [3.05, 3.63) is 53.9 Å². The lowest BCUT2D eigenvalue weighted by atomic mass is 10.1. The van der Waals surface area contributed by atoms with Crippen molar-refractivity contribution < 1.29 is 4.79 Å². The molecule has 0 atom stereocenters. The number of nitrogens with zero attached hydrogens (tertiary/aromatic N) is 7. The van der Waals surface area contributed by atoms with Gasteiger partial charge in [0, 0.05) is 63.6 Å². The van der Waals surface area contributed by atoms with Crippen LogP contribution >= 0.6 is 0 Å². The number of hydrogen-bond acceptors (Lipinski definition) is 6. The van der Waals surface area contributed by atoms with E-state index >= 15 is 0 Å². The van der Waals surface area contributed by atoms with Crippen LogP contribution in [0.2, 0.25) is 0 Å². The zero-order valence-corrected chi connectivity index (χ0v) is 18.7. The fraction of sp³-hybridized carbons (Fsp3) is 0.417. The minimum atomic E-state index is 0.0263. The highest BCUT2D eigenvalue weighted by atomic mass is 16.2. The summed E-state index contributed by atoms with van der Waals surface area (Å²) in [5.74, 6) is 1.82. The van der Waals surface area contributed by atoms with Gasteiger partial charge in [-0.1, -0.05) is 30.3 Å². The van der Waals surface area contributed by atoms with E-state index in [9.17, 15) is 4.79 Å². The molecule has 0 spiro atoms. The van der Waals surface area contributed by atoms with E-state index < -0.39 is 0 Å². The van der Waals surface area contributed by atoms with Gasteiger partial charge in [0.25, 0.3) is 5.91 Å². The van der Waals surface area contributed by atoms with Gasteiger partial charge in [-0.05, 0) is 25.8 Å². The van der Waals surface area contributed by atoms with Crippen LogP contribution in [0.15, 0.2) is 42.5 Å². The Labute approximate surface area is 188 Å². The van der Waals surface area contributed by atoms with Crippen LogP contribution in [-0.4, -0.2) is 69.8 Å². The van der Waals surface area contributed by atoms with E-state index in [4.69, 9.17) is 4.98 Å². The van der Waals surface area contributed by atoms with Crippen LogP contribution in [0.25, 0.3) is 11.3 Å². The predicted molar refractivity (Wildman–Crippen MR) is 125 cm³/mol. The van der Waals surface area contributed by atoms with Crippen molar-refractivity contribution in [2.45, 2.75) is 19.8 Å². The monoisotopic (exact) mass is 431 g/mol. The summed E-state index contributed by atoms with van der Waals surface area (Å²) in [6, 6.07) is 13.9. The molecule has 4 heterocycles. The van der Waals surface area contributed by atoms with Crippen molar-refractivity contribution in [2.75, 3.05) is 49.1 Å². The summed E-state index contributed by atoms with van der Waals surface area (Å²) in [4.78, 5) is 29.1. The van der Waals surface area contributed by atoms with E-state index in [0.29, 0.717) is 18.8 Å². The van der Waals surface area contributed by atoms with E-state index in [1.54, 1.807) is 4.68 Å². The molecule has 32 heavy (non-hydrogen) atoms. The number of rotatable bonds is 4. The first-order chi connectivity index (χ1) is 15.6. The Hall–Kier alpha value is -3.42. The average molecular weight is 432 g/mol. The van der Waals surface area contributed by atoms with Crippen LogP contribution in [0, 0.1) is 6.92 Å². The second kappa shape index (κ2) is 8.61. The van der Waals surface area contributed by atoms with E-state index in [0.717, 1.165) is 54.9 Å². The summed E-state index contributed by atoms with van der Waals surface area (Å²) in [6.45, 7) is 6.91. The van der Waals surface area contributed by atoms with E-state index in [1.807, 2.05) is 61.3 Å². The fourth-order valence-electron chi connectivity index (χ4n) is 4.48. The number of piperazine rings is 1. The number of carbonyl (C=O) groups is 1. The molecule has 2 aliphatic heterocycles. The van der Waals surface area contributed by atoms with E-state index in [-0.39, 0.29) is 5.91 Å². The van der Waals surface area contributed by atoms with Crippen LogP contribution in [-0.2, 0) is 7.05 Å². The molecule has 8 heteroatoms. The topological polar surface area (TPSA) is 70.4 Å². The first-order valence-corrected chi connectivity index (χ1v) is 11.3. The Morgan fingerprint density at radius 3 is 2.31 bits per heavy atom. The largest absolute Gasteiger partial charge is 0.353 e. The number of carbonyl (C=O) groups excluding carboxylic acids is 1. The second-order valence-corrected chi connectivity index (χ2v) is 8.55. The van der Waals surface area contributed by atoms with Crippen molar-refractivity contribution in [3.63, 3.8) is 0 Å². The molecule has 2 aromatic heterocycles. The maximum absolute atomic E-state index is 13.2. The highest BCUT2D eigenvalue weighted by Crippen LogP contribution is 2.23. The Bertz CT molecular complexity index is 1100. The zero-order chi connectivity index (χ0) is 22.1. The Morgan fingerprint density at radius 1 is 0.875 bits per heavy atom. The van der Waals surface area contributed by atoms with Gasteiger partial charge in [0.15, 0.2) is 0 Å². The van der Waals surface area contributed by atoms with Gasteiger partial charge in [-0.2, -0.15) is 10.1 Å². The van der Waals surface area contributed by atoms with Crippen LogP contribution in [0.3, 0.4) is 0 Å². The molecule has 1 aromatic carbocycles. The maximum atomic E-state index is 13.2. The molecule has 8 nitrogen and oxygen atoms in total. The minimum Gasteiger partial charge on any atom is -0.353 e. The number of aryl methyl sites for hydroxylation is 2. The summed E-state index contributed by atoms with van der Waals surface area (Å²) in [7, 11) is 1.83. The highest BCUT2D eigenvalue weighted by molar-refractivity contribution is 5.94. The third-order valence-corrected chi connectivity index (χ3v) is 6.28. The van der Waals surface area contributed by atoms with Gasteiger partial charge in [0.1, 0.15) is 11.5 Å². The molecule has 1 amide bonds. The Balaban J connectivity index is 1.27. The summed E-state index contributed by atoms with van der Waals surface area (Å²) in [5.41, 5.74) is 3.44. The summed E-state index contributed by atoms with van der Waals surface area (Å²) < 4.78 is 1.69. The molecule has 2 fully saturated rings. The van der Waals surface area contributed by atoms with Gasteiger partial charge in [0.05, 0.1) is 5.69 Å². The first kappa shape index (κ1) is 20.5. The standard InChI is InChI=1S/C24H29N7O/c1-18-16-22(26-24(25-18)31-10-6-7-11-31)29-12-14-30(15-13-29)23(32)21-17-20(27-28(21)2)19-8-4-3-5-9-19/h3-5,8-9,16-17H,6-7,10-15H2,1-2H3. The minimum absolute atomic E-state index is 0.0263. The molecule has 0 aliphatic carbocycles. The molecular weight excluding hydrogens is 402 g/mol. The van der Waals surface area contributed by atoms with Crippen molar-refractivity contribution in [1.29, 1.82) is 0 Å². The van der Waals surface area contributed by atoms with E-state index in [2.05, 4.69) is 19.9 Å². The van der Waals surface area contributed by atoms with Gasteiger partial charge in [-0.15, -0.1) is 0 Å². The third kappa shape index (κ3) is 4.04. The molecule has 3 aromatic rings. The van der Waals surface area contributed by atoms with Crippen molar-refractivity contribution >= 4 is 17.7 Å². The van der Waals surface area contributed by atoms with Crippen LogP contribution in [0.1, 0.15) is 29.0 Å². The molecule has 2 saturated heterocycles. The SMILES string of the molecule is Cc1cc(N2CCN(C(=O)c3cc(-c4ccccc4)nn3C)CC2)nc(N2CCCC2)n1. The molecule has 0 unspecified atom stereocenters. The lowest BCUT2D eigenvalue weighted by molar-refractivity contribution is 0.0735. The summed E-state index contributed by atoms with van der Waals surface area (Å²) >= 11 is 0. The number of hydrogen-bond donors (Lipinski definition) is 0. The van der Waals surface area contributed by atoms with Gasteiger partial charge < -0.3 is 14.7 Å². The molecule has 166 valence electrons. The van der Waals surface area contributed by atoms with Gasteiger partial charge in [-0.25, -0.2) is 4.98 Å². The van der Waals surface area contributed by atoms with Crippen LogP contribution in [0.4, 0.5) is 11.8 Å². The van der Waals surface area contributed by atoms with Crippen molar-refractivity contribution in [3.8, 4) is 11.3 Å². The lowest BCUT2D eigenvalue weighted by Crippen LogP contribution is -2.49. The van der Waals surface area contributed by atoms with E-state index in [1.165, 1.54) is 12.8 Å². The number of benzene rings is 1. The molecule has 2 aliphatic rings. The molecule has 0 N–H and O–H groups in total. The highest BCUT2D eigenvalue weighted by Gasteiger charge is 2.26. The quantitative estimate of drug-likeness (QED) is 0.633. The zero-order valence-electron chi connectivity index (χ0n) is 18.7. The maximum Gasteiger partial charge on any atom is 0.272 e.